The minimum Gasteiger partial charge on any atom is -0.454 e. The Kier molecular flexibility index (Phi) is 1.65. The van der Waals surface area contributed by atoms with Crippen LogP contribution in [-0.4, -0.2) is 21.6 Å². The van der Waals surface area contributed by atoms with Crippen LogP contribution in [0.1, 0.15) is 5.56 Å². The highest BCUT2D eigenvalue weighted by Gasteiger charge is 2.16. The topological polar surface area (TPSA) is 49.2 Å². The molecule has 0 radical (unpaired) electrons. The number of fused-ring (bicyclic) bond motifs is 1. The maximum absolute atomic E-state index is 5.32. The number of nitrogens with zero attached hydrogens (tertiary/aromatic N) is 3. The zero-order valence-corrected chi connectivity index (χ0v) is 8.17. The van der Waals surface area contributed by atoms with Crippen molar-refractivity contribution in [3.63, 3.8) is 0 Å². The van der Waals surface area contributed by atoms with Gasteiger partial charge >= 0.3 is 0 Å². The van der Waals surface area contributed by atoms with Gasteiger partial charge in [0.2, 0.25) is 6.79 Å². The standard InChI is InChI=1S/C10H9N3O2/c1-7-2-9-10(15-6-14-9)3-8(7)13-4-11-12-5-13/h2-5H,6H2,1H3. The summed E-state index contributed by atoms with van der Waals surface area (Å²) in [4.78, 5) is 0. The van der Waals surface area contributed by atoms with E-state index in [1.807, 2.05) is 23.6 Å². The smallest absolute Gasteiger partial charge is 0.231 e. The van der Waals surface area contributed by atoms with Crippen molar-refractivity contribution < 1.29 is 9.47 Å². The van der Waals surface area contributed by atoms with Crippen LogP contribution in [0.25, 0.3) is 5.69 Å². The molecule has 0 saturated carbocycles. The molecule has 0 aliphatic carbocycles. The fourth-order valence-electron chi connectivity index (χ4n) is 1.64. The first kappa shape index (κ1) is 8.28. The van der Waals surface area contributed by atoms with Gasteiger partial charge in [-0.05, 0) is 18.6 Å². The monoisotopic (exact) mass is 203 g/mol. The van der Waals surface area contributed by atoms with Gasteiger partial charge in [-0.25, -0.2) is 0 Å². The summed E-state index contributed by atoms with van der Waals surface area (Å²) < 4.78 is 12.4. The van der Waals surface area contributed by atoms with E-state index in [-0.39, 0.29) is 0 Å². The number of aromatic nitrogens is 3. The van der Waals surface area contributed by atoms with Crippen molar-refractivity contribution in [2.24, 2.45) is 0 Å². The van der Waals surface area contributed by atoms with Gasteiger partial charge in [-0.15, -0.1) is 10.2 Å². The van der Waals surface area contributed by atoms with Gasteiger partial charge in [0.25, 0.3) is 0 Å². The summed E-state index contributed by atoms with van der Waals surface area (Å²) in [5.41, 5.74) is 2.10. The van der Waals surface area contributed by atoms with Crippen LogP contribution < -0.4 is 9.47 Å². The average Bonchev–Trinajstić information content (AvgIpc) is 2.85. The lowest BCUT2D eigenvalue weighted by Crippen LogP contribution is -1.94. The highest BCUT2D eigenvalue weighted by Crippen LogP contribution is 2.35. The molecule has 2 aromatic rings. The van der Waals surface area contributed by atoms with E-state index in [4.69, 9.17) is 9.47 Å². The molecular weight excluding hydrogens is 194 g/mol. The molecule has 1 aromatic carbocycles. The van der Waals surface area contributed by atoms with Crippen molar-refractivity contribution >= 4 is 0 Å². The Balaban J connectivity index is 2.17. The molecule has 0 atom stereocenters. The Morgan fingerprint density at radius 2 is 1.80 bits per heavy atom. The predicted octanol–water partition coefficient (Wildman–Crippen LogP) is 1.30. The molecule has 0 fully saturated rings. The summed E-state index contributed by atoms with van der Waals surface area (Å²) in [5.74, 6) is 1.56. The highest BCUT2D eigenvalue weighted by atomic mass is 16.7. The van der Waals surface area contributed by atoms with Crippen LogP contribution in [0.5, 0.6) is 11.5 Å². The van der Waals surface area contributed by atoms with Crippen molar-refractivity contribution in [3.8, 4) is 17.2 Å². The predicted molar refractivity (Wildman–Crippen MR) is 52.2 cm³/mol. The van der Waals surface area contributed by atoms with E-state index in [2.05, 4.69) is 10.2 Å². The molecule has 0 N–H and O–H groups in total. The van der Waals surface area contributed by atoms with E-state index in [0.29, 0.717) is 6.79 Å². The molecule has 0 unspecified atom stereocenters. The maximum Gasteiger partial charge on any atom is 0.231 e. The summed E-state index contributed by atoms with van der Waals surface area (Å²) in [7, 11) is 0. The average molecular weight is 203 g/mol. The van der Waals surface area contributed by atoms with Gasteiger partial charge in [0.05, 0.1) is 5.69 Å². The van der Waals surface area contributed by atoms with Crippen LogP contribution in [0.15, 0.2) is 24.8 Å². The first-order chi connectivity index (χ1) is 7.34. The van der Waals surface area contributed by atoms with Gasteiger partial charge < -0.3 is 9.47 Å². The summed E-state index contributed by atoms with van der Waals surface area (Å²) in [5, 5.41) is 7.55. The summed E-state index contributed by atoms with van der Waals surface area (Å²) >= 11 is 0. The minimum absolute atomic E-state index is 0.292. The van der Waals surface area contributed by atoms with Crippen LogP contribution in [0, 0.1) is 6.92 Å². The van der Waals surface area contributed by atoms with Gasteiger partial charge in [-0.2, -0.15) is 0 Å². The first-order valence-electron chi connectivity index (χ1n) is 4.60. The number of ether oxygens (including phenoxy) is 2. The molecule has 1 aliphatic rings. The Morgan fingerprint density at radius 3 is 2.53 bits per heavy atom. The molecule has 0 spiro atoms. The van der Waals surface area contributed by atoms with E-state index in [1.54, 1.807) is 12.7 Å². The zero-order valence-electron chi connectivity index (χ0n) is 8.17. The van der Waals surface area contributed by atoms with Crippen molar-refractivity contribution in [1.82, 2.24) is 14.8 Å². The van der Waals surface area contributed by atoms with Gasteiger partial charge in [-0.1, -0.05) is 0 Å². The number of benzene rings is 1. The number of rotatable bonds is 1. The Morgan fingerprint density at radius 1 is 1.13 bits per heavy atom. The second-order valence-corrected chi connectivity index (χ2v) is 3.36. The Labute approximate surface area is 86.3 Å². The van der Waals surface area contributed by atoms with Crippen LogP contribution in [0.3, 0.4) is 0 Å². The summed E-state index contributed by atoms with van der Waals surface area (Å²) in [6.45, 7) is 2.30. The lowest BCUT2D eigenvalue weighted by Gasteiger charge is -2.06. The lowest BCUT2D eigenvalue weighted by molar-refractivity contribution is 0.174. The lowest BCUT2D eigenvalue weighted by atomic mass is 10.2. The number of aryl methyl sites for hydroxylation is 1. The van der Waals surface area contributed by atoms with Gasteiger partial charge in [0, 0.05) is 6.07 Å². The molecular formula is C10H9N3O2. The second kappa shape index (κ2) is 2.98. The largest absolute Gasteiger partial charge is 0.454 e. The SMILES string of the molecule is Cc1cc2c(cc1-n1cnnc1)OCO2. The van der Waals surface area contributed by atoms with Crippen molar-refractivity contribution in [3.05, 3.63) is 30.4 Å². The van der Waals surface area contributed by atoms with E-state index >= 15 is 0 Å². The summed E-state index contributed by atoms with van der Waals surface area (Å²) in [6, 6.07) is 3.89. The number of hydrogen-bond acceptors (Lipinski definition) is 4. The molecule has 2 heterocycles. The third-order valence-electron chi connectivity index (χ3n) is 2.39. The van der Waals surface area contributed by atoms with E-state index in [1.165, 1.54) is 0 Å². The molecule has 0 bridgehead atoms. The zero-order chi connectivity index (χ0) is 10.3. The molecule has 1 aliphatic heterocycles. The maximum atomic E-state index is 5.32. The minimum atomic E-state index is 0.292. The van der Waals surface area contributed by atoms with E-state index < -0.39 is 0 Å². The van der Waals surface area contributed by atoms with E-state index in [9.17, 15) is 0 Å². The first-order valence-corrected chi connectivity index (χ1v) is 4.60. The molecule has 5 nitrogen and oxygen atoms in total. The molecule has 0 amide bonds. The van der Waals surface area contributed by atoms with Crippen LogP contribution in [0.2, 0.25) is 0 Å². The van der Waals surface area contributed by atoms with Crippen molar-refractivity contribution in [2.75, 3.05) is 6.79 Å². The second-order valence-electron chi connectivity index (χ2n) is 3.36. The fourth-order valence-corrected chi connectivity index (χ4v) is 1.64. The molecule has 1 aromatic heterocycles. The third kappa shape index (κ3) is 1.24. The van der Waals surface area contributed by atoms with Crippen LogP contribution in [-0.2, 0) is 0 Å². The molecule has 3 rings (SSSR count). The van der Waals surface area contributed by atoms with Gasteiger partial charge in [0.15, 0.2) is 11.5 Å². The molecule has 15 heavy (non-hydrogen) atoms. The van der Waals surface area contributed by atoms with E-state index in [0.717, 1.165) is 22.7 Å². The van der Waals surface area contributed by atoms with Crippen LogP contribution in [0.4, 0.5) is 0 Å². The van der Waals surface area contributed by atoms with Gasteiger partial charge in [-0.3, -0.25) is 4.57 Å². The third-order valence-corrected chi connectivity index (χ3v) is 2.39. The van der Waals surface area contributed by atoms with Crippen molar-refractivity contribution in [1.29, 1.82) is 0 Å². The normalized spacial score (nSPS) is 13.1. The highest BCUT2D eigenvalue weighted by molar-refractivity contribution is 5.54. The Hall–Kier alpha value is -2.04. The van der Waals surface area contributed by atoms with Gasteiger partial charge in [0.1, 0.15) is 12.7 Å². The quantitative estimate of drug-likeness (QED) is 0.701. The summed E-state index contributed by atoms with van der Waals surface area (Å²) in [6.07, 6.45) is 3.31. The van der Waals surface area contributed by atoms with Crippen molar-refractivity contribution in [2.45, 2.75) is 6.92 Å². The molecule has 0 saturated heterocycles. The Bertz CT molecular complexity index is 494. The fraction of sp³-hybridized carbons (Fsp3) is 0.200. The number of hydrogen-bond donors (Lipinski definition) is 0. The molecule has 76 valence electrons. The molecule has 5 heteroatoms. The van der Waals surface area contributed by atoms with Crippen LogP contribution >= 0.6 is 0 Å².